The summed E-state index contributed by atoms with van der Waals surface area (Å²) < 4.78 is 0. The Bertz CT molecular complexity index is 253. The van der Waals surface area contributed by atoms with E-state index in [0.29, 0.717) is 5.92 Å². The summed E-state index contributed by atoms with van der Waals surface area (Å²) in [6.07, 6.45) is 0. The zero-order chi connectivity index (χ0) is 9.84. The Kier molecular flexibility index (Phi) is 3.32. The number of benzene rings is 1. The van der Waals surface area contributed by atoms with Crippen molar-refractivity contribution in [1.29, 1.82) is 0 Å². The highest BCUT2D eigenvalue weighted by molar-refractivity contribution is 5.40. The molecular formula is C11H17NO. The first-order chi connectivity index (χ1) is 6.15. The van der Waals surface area contributed by atoms with Crippen LogP contribution in [0.25, 0.3) is 0 Å². The summed E-state index contributed by atoms with van der Waals surface area (Å²) in [5, 5.41) is 9.19. The van der Waals surface area contributed by atoms with Crippen LogP contribution in [-0.4, -0.2) is 11.7 Å². The van der Waals surface area contributed by atoms with E-state index in [1.54, 1.807) is 0 Å². The molecule has 1 unspecified atom stereocenters. The smallest absolute Gasteiger partial charge is 0.0502 e. The van der Waals surface area contributed by atoms with Crippen LogP contribution < -0.4 is 5.73 Å². The van der Waals surface area contributed by atoms with E-state index in [-0.39, 0.29) is 12.5 Å². The molecule has 0 aliphatic heterocycles. The predicted octanol–water partition coefficient (Wildman–Crippen LogP) is 2.00. The Morgan fingerprint density at radius 2 is 1.77 bits per heavy atom. The summed E-state index contributed by atoms with van der Waals surface area (Å²) in [5.41, 5.74) is 7.51. The lowest BCUT2D eigenvalue weighted by atomic mass is 9.89. The second-order valence-corrected chi connectivity index (χ2v) is 3.70. The van der Waals surface area contributed by atoms with Crippen LogP contribution in [0.2, 0.25) is 0 Å². The molecule has 72 valence electrons. The number of hydrogen-bond acceptors (Lipinski definition) is 2. The van der Waals surface area contributed by atoms with Gasteiger partial charge < -0.3 is 10.8 Å². The van der Waals surface area contributed by atoms with Gasteiger partial charge in [-0.3, -0.25) is 0 Å². The number of hydrogen-bond donors (Lipinski definition) is 2. The molecule has 0 saturated carbocycles. The molecule has 0 bridgehead atoms. The molecule has 0 saturated heterocycles. The third-order valence-electron chi connectivity index (χ3n) is 2.37. The quantitative estimate of drug-likeness (QED) is 0.697. The maximum Gasteiger partial charge on any atom is 0.0502 e. The topological polar surface area (TPSA) is 46.2 Å². The van der Waals surface area contributed by atoms with Gasteiger partial charge in [0.15, 0.2) is 0 Å². The number of aliphatic hydroxyl groups is 1. The predicted molar refractivity (Wildman–Crippen MR) is 55.5 cm³/mol. The molecule has 0 aliphatic carbocycles. The molecule has 1 aromatic rings. The first-order valence-electron chi connectivity index (χ1n) is 4.61. The van der Waals surface area contributed by atoms with Crippen LogP contribution in [0.15, 0.2) is 24.3 Å². The largest absolute Gasteiger partial charge is 0.399 e. The van der Waals surface area contributed by atoms with Crippen molar-refractivity contribution in [1.82, 2.24) is 0 Å². The summed E-state index contributed by atoms with van der Waals surface area (Å²) in [7, 11) is 0. The van der Waals surface area contributed by atoms with Crippen molar-refractivity contribution in [2.75, 3.05) is 12.3 Å². The second kappa shape index (κ2) is 4.28. The highest BCUT2D eigenvalue weighted by atomic mass is 16.3. The number of rotatable bonds is 3. The molecule has 1 rings (SSSR count). The lowest BCUT2D eigenvalue weighted by molar-refractivity contribution is 0.237. The molecule has 0 heterocycles. The molecule has 0 amide bonds. The number of nitrogen functional groups attached to an aromatic ring is 1. The molecule has 2 nitrogen and oxygen atoms in total. The van der Waals surface area contributed by atoms with Crippen molar-refractivity contribution in [3.05, 3.63) is 29.8 Å². The van der Waals surface area contributed by atoms with Gasteiger partial charge in [0, 0.05) is 11.6 Å². The summed E-state index contributed by atoms with van der Waals surface area (Å²) in [6, 6.07) is 7.72. The third-order valence-corrected chi connectivity index (χ3v) is 2.37. The van der Waals surface area contributed by atoms with Crippen molar-refractivity contribution in [2.45, 2.75) is 19.8 Å². The van der Waals surface area contributed by atoms with Crippen LogP contribution >= 0.6 is 0 Å². The van der Waals surface area contributed by atoms with Crippen molar-refractivity contribution in [3.8, 4) is 0 Å². The Morgan fingerprint density at radius 1 is 1.23 bits per heavy atom. The highest BCUT2D eigenvalue weighted by Crippen LogP contribution is 2.24. The summed E-state index contributed by atoms with van der Waals surface area (Å²) in [6.45, 7) is 4.41. The number of aliphatic hydroxyl groups excluding tert-OH is 1. The molecule has 0 fully saturated rings. The van der Waals surface area contributed by atoms with E-state index < -0.39 is 0 Å². The average Bonchev–Trinajstić information content (AvgIpc) is 2.09. The van der Waals surface area contributed by atoms with E-state index >= 15 is 0 Å². The first-order valence-corrected chi connectivity index (χ1v) is 4.61. The van der Waals surface area contributed by atoms with Gasteiger partial charge in [-0.1, -0.05) is 26.0 Å². The number of anilines is 1. The lowest BCUT2D eigenvalue weighted by Gasteiger charge is -2.18. The molecule has 3 N–H and O–H groups in total. The third kappa shape index (κ3) is 2.46. The average molecular weight is 179 g/mol. The van der Waals surface area contributed by atoms with Gasteiger partial charge in [0.25, 0.3) is 0 Å². The van der Waals surface area contributed by atoms with E-state index in [2.05, 4.69) is 13.8 Å². The van der Waals surface area contributed by atoms with Crippen LogP contribution in [-0.2, 0) is 0 Å². The fourth-order valence-corrected chi connectivity index (χ4v) is 1.44. The van der Waals surface area contributed by atoms with E-state index in [1.165, 1.54) is 0 Å². The van der Waals surface area contributed by atoms with Crippen LogP contribution in [0.4, 0.5) is 5.69 Å². The lowest BCUT2D eigenvalue weighted by Crippen LogP contribution is -2.11. The van der Waals surface area contributed by atoms with Gasteiger partial charge in [0.1, 0.15) is 0 Å². The normalized spacial score (nSPS) is 13.2. The molecule has 0 radical (unpaired) electrons. The van der Waals surface area contributed by atoms with Gasteiger partial charge in [-0.15, -0.1) is 0 Å². The minimum absolute atomic E-state index is 0.196. The van der Waals surface area contributed by atoms with Gasteiger partial charge in [-0.05, 0) is 23.6 Å². The zero-order valence-electron chi connectivity index (χ0n) is 8.20. The minimum atomic E-state index is 0.196. The maximum absolute atomic E-state index is 9.19. The summed E-state index contributed by atoms with van der Waals surface area (Å²) in [4.78, 5) is 0. The van der Waals surface area contributed by atoms with Gasteiger partial charge in [-0.2, -0.15) is 0 Å². The Labute approximate surface area is 79.4 Å². The van der Waals surface area contributed by atoms with Gasteiger partial charge in [-0.25, -0.2) is 0 Å². The number of nitrogens with two attached hydrogens (primary N) is 1. The molecule has 0 aliphatic rings. The monoisotopic (exact) mass is 179 g/mol. The fourth-order valence-electron chi connectivity index (χ4n) is 1.44. The summed E-state index contributed by atoms with van der Waals surface area (Å²) >= 11 is 0. The van der Waals surface area contributed by atoms with E-state index in [1.807, 2.05) is 24.3 Å². The molecule has 1 aromatic carbocycles. The van der Waals surface area contributed by atoms with Crippen LogP contribution in [0.3, 0.4) is 0 Å². The molecule has 2 heteroatoms. The minimum Gasteiger partial charge on any atom is -0.399 e. The van der Waals surface area contributed by atoms with E-state index in [0.717, 1.165) is 11.3 Å². The Morgan fingerprint density at radius 3 is 2.15 bits per heavy atom. The van der Waals surface area contributed by atoms with Gasteiger partial charge in [0.05, 0.1) is 6.61 Å². The molecule has 13 heavy (non-hydrogen) atoms. The molecular weight excluding hydrogens is 162 g/mol. The van der Waals surface area contributed by atoms with E-state index in [4.69, 9.17) is 5.73 Å². The summed E-state index contributed by atoms with van der Waals surface area (Å²) in [5.74, 6) is 0.675. The second-order valence-electron chi connectivity index (χ2n) is 3.70. The van der Waals surface area contributed by atoms with E-state index in [9.17, 15) is 5.11 Å². The van der Waals surface area contributed by atoms with Crippen molar-refractivity contribution >= 4 is 5.69 Å². The zero-order valence-corrected chi connectivity index (χ0v) is 8.20. The van der Waals surface area contributed by atoms with Crippen molar-refractivity contribution < 1.29 is 5.11 Å². The van der Waals surface area contributed by atoms with Crippen LogP contribution in [0.5, 0.6) is 0 Å². The molecule has 0 aromatic heterocycles. The highest BCUT2D eigenvalue weighted by Gasteiger charge is 2.13. The van der Waals surface area contributed by atoms with Gasteiger partial charge in [0.2, 0.25) is 0 Å². The first kappa shape index (κ1) is 10.1. The standard InChI is InChI=1S/C11H17NO/c1-8(2)11(7-13)9-3-5-10(12)6-4-9/h3-6,8,11,13H,7,12H2,1-2H3. The van der Waals surface area contributed by atoms with Crippen LogP contribution in [0, 0.1) is 5.92 Å². The Hall–Kier alpha value is -1.02. The molecule has 0 spiro atoms. The molecule has 1 atom stereocenters. The van der Waals surface area contributed by atoms with Crippen molar-refractivity contribution in [3.63, 3.8) is 0 Å². The van der Waals surface area contributed by atoms with Crippen LogP contribution in [0.1, 0.15) is 25.3 Å². The maximum atomic E-state index is 9.19. The van der Waals surface area contributed by atoms with Crippen molar-refractivity contribution in [2.24, 2.45) is 5.92 Å². The SMILES string of the molecule is CC(C)C(CO)c1ccc(N)cc1. The Balaban J connectivity index is 2.86. The van der Waals surface area contributed by atoms with Gasteiger partial charge >= 0.3 is 0 Å². The fraction of sp³-hybridized carbons (Fsp3) is 0.455.